The van der Waals surface area contributed by atoms with Crippen LogP contribution in [0.3, 0.4) is 0 Å². The van der Waals surface area contributed by atoms with Gasteiger partial charge in [-0.05, 0) is 30.3 Å². The molecule has 2 rings (SSSR count). The third kappa shape index (κ3) is 2.17. The van der Waals surface area contributed by atoms with Crippen LogP contribution in [0, 0.1) is 11.6 Å². The standard InChI is InChI=1S/C10H8F2N4O/c1-6(16-14-5-13-15-16)10(17)7-2-3-8(11)9(12)4-7/h2-6H,1H3. The van der Waals surface area contributed by atoms with E-state index in [1.54, 1.807) is 6.92 Å². The molecule has 1 aromatic carbocycles. The van der Waals surface area contributed by atoms with Crippen LogP contribution < -0.4 is 0 Å². The summed E-state index contributed by atoms with van der Waals surface area (Å²) in [4.78, 5) is 13.0. The van der Waals surface area contributed by atoms with Crippen LogP contribution in [0.15, 0.2) is 24.5 Å². The number of nitrogens with zero attached hydrogens (tertiary/aromatic N) is 4. The molecule has 0 fully saturated rings. The molecule has 0 aliphatic rings. The normalized spacial score (nSPS) is 12.4. The van der Waals surface area contributed by atoms with E-state index in [2.05, 4.69) is 15.4 Å². The summed E-state index contributed by atoms with van der Waals surface area (Å²) >= 11 is 0. The lowest BCUT2D eigenvalue weighted by Gasteiger charge is -2.08. The first-order valence-corrected chi connectivity index (χ1v) is 4.81. The summed E-state index contributed by atoms with van der Waals surface area (Å²) < 4.78 is 25.7. The van der Waals surface area contributed by atoms with Gasteiger partial charge in [0.15, 0.2) is 23.7 Å². The van der Waals surface area contributed by atoms with E-state index in [9.17, 15) is 13.6 Å². The Hall–Kier alpha value is -2.18. The lowest BCUT2D eigenvalue weighted by atomic mass is 10.1. The molecular weight excluding hydrogens is 230 g/mol. The molecule has 7 heteroatoms. The molecule has 0 N–H and O–H groups in total. The van der Waals surface area contributed by atoms with Crippen molar-refractivity contribution in [2.45, 2.75) is 13.0 Å². The fraction of sp³-hybridized carbons (Fsp3) is 0.200. The van der Waals surface area contributed by atoms with Gasteiger partial charge in [-0.15, -0.1) is 10.2 Å². The number of ketones is 1. The van der Waals surface area contributed by atoms with Crippen molar-refractivity contribution >= 4 is 5.78 Å². The molecule has 17 heavy (non-hydrogen) atoms. The number of hydrogen-bond acceptors (Lipinski definition) is 4. The molecule has 2 aromatic rings. The minimum Gasteiger partial charge on any atom is -0.292 e. The van der Waals surface area contributed by atoms with Crippen LogP contribution in [-0.2, 0) is 0 Å². The number of Topliss-reactive ketones (excluding diaryl/α,β-unsaturated/α-hetero) is 1. The Morgan fingerprint density at radius 2 is 2.12 bits per heavy atom. The first-order chi connectivity index (χ1) is 8.09. The van der Waals surface area contributed by atoms with Gasteiger partial charge in [0.2, 0.25) is 0 Å². The van der Waals surface area contributed by atoms with Crippen LogP contribution >= 0.6 is 0 Å². The van der Waals surface area contributed by atoms with E-state index >= 15 is 0 Å². The van der Waals surface area contributed by atoms with Crippen LogP contribution in [0.25, 0.3) is 0 Å². The van der Waals surface area contributed by atoms with Crippen molar-refractivity contribution in [2.24, 2.45) is 0 Å². The number of tetrazole rings is 1. The Balaban J connectivity index is 2.28. The van der Waals surface area contributed by atoms with Crippen LogP contribution in [0.5, 0.6) is 0 Å². The third-order valence-electron chi connectivity index (χ3n) is 2.29. The lowest BCUT2D eigenvalue weighted by molar-refractivity contribution is 0.0917. The van der Waals surface area contributed by atoms with Crippen LogP contribution in [0.2, 0.25) is 0 Å². The van der Waals surface area contributed by atoms with Gasteiger partial charge in [-0.2, -0.15) is 4.80 Å². The summed E-state index contributed by atoms with van der Waals surface area (Å²) in [7, 11) is 0. The highest BCUT2D eigenvalue weighted by atomic mass is 19.2. The largest absolute Gasteiger partial charge is 0.292 e. The summed E-state index contributed by atoms with van der Waals surface area (Å²) in [6, 6.07) is 2.26. The number of rotatable bonds is 3. The molecule has 0 aliphatic carbocycles. The predicted octanol–water partition coefficient (Wildman–Crippen LogP) is 1.40. The second-order valence-corrected chi connectivity index (χ2v) is 3.43. The van der Waals surface area contributed by atoms with Crippen molar-refractivity contribution in [3.8, 4) is 0 Å². The molecule has 0 amide bonds. The minimum atomic E-state index is -1.06. The fourth-order valence-electron chi connectivity index (χ4n) is 1.35. The molecule has 0 radical (unpaired) electrons. The van der Waals surface area contributed by atoms with Crippen LogP contribution in [0.4, 0.5) is 8.78 Å². The Morgan fingerprint density at radius 3 is 2.71 bits per heavy atom. The Labute approximate surface area is 95.1 Å². The van der Waals surface area contributed by atoms with Gasteiger partial charge in [0.05, 0.1) is 0 Å². The molecule has 1 heterocycles. The van der Waals surface area contributed by atoms with Gasteiger partial charge >= 0.3 is 0 Å². The van der Waals surface area contributed by atoms with Crippen LogP contribution in [0.1, 0.15) is 23.3 Å². The van der Waals surface area contributed by atoms with Gasteiger partial charge in [0.1, 0.15) is 6.04 Å². The molecule has 0 spiro atoms. The Kier molecular flexibility index (Phi) is 2.90. The van der Waals surface area contributed by atoms with Gasteiger partial charge in [0.25, 0.3) is 0 Å². The zero-order valence-corrected chi connectivity index (χ0v) is 8.84. The maximum atomic E-state index is 13.0. The van der Waals surface area contributed by atoms with E-state index in [0.717, 1.165) is 16.9 Å². The summed E-state index contributed by atoms with van der Waals surface area (Å²) in [5.74, 6) is -2.47. The molecule has 1 aromatic heterocycles. The van der Waals surface area contributed by atoms with Gasteiger partial charge in [-0.1, -0.05) is 0 Å². The topological polar surface area (TPSA) is 60.7 Å². The van der Waals surface area contributed by atoms with Crippen molar-refractivity contribution in [3.63, 3.8) is 0 Å². The number of benzene rings is 1. The van der Waals surface area contributed by atoms with Crippen molar-refractivity contribution in [1.82, 2.24) is 20.2 Å². The summed E-state index contributed by atoms with van der Waals surface area (Å²) in [5, 5.41) is 10.7. The molecular formula is C10H8F2N4O. The van der Waals surface area contributed by atoms with Gasteiger partial charge < -0.3 is 0 Å². The van der Waals surface area contributed by atoms with Gasteiger partial charge in [0, 0.05) is 5.56 Å². The van der Waals surface area contributed by atoms with Crippen LogP contribution in [-0.4, -0.2) is 26.0 Å². The zero-order chi connectivity index (χ0) is 12.4. The van der Waals surface area contributed by atoms with E-state index in [1.165, 1.54) is 12.4 Å². The van der Waals surface area contributed by atoms with E-state index in [-0.39, 0.29) is 5.56 Å². The quantitative estimate of drug-likeness (QED) is 0.758. The molecule has 5 nitrogen and oxygen atoms in total. The fourth-order valence-corrected chi connectivity index (χ4v) is 1.35. The van der Waals surface area contributed by atoms with E-state index in [4.69, 9.17) is 0 Å². The van der Waals surface area contributed by atoms with E-state index in [1.807, 2.05) is 0 Å². The SMILES string of the molecule is CC(C(=O)c1ccc(F)c(F)c1)n1ncnn1. The number of aromatic nitrogens is 4. The molecule has 1 unspecified atom stereocenters. The van der Waals surface area contributed by atoms with Gasteiger partial charge in [-0.3, -0.25) is 4.79 Å². The molecule has 0 saturated carbocycles. The Morgan fingerprint density at radius 1 is 1.35 bits per heavy atom. The first kappa shape index (κ1) is 11.3. The van der Waals surface area contributed by atoms with E-state index in [0.29, 0.717) is 0 Å². The number of carbonyl (C=O) groups excluding carboxylic acids is 1. The highest BCUT2D eigenvalue weighted by Gasteiger charge is 2.19. The third-order valence-corrected chi connectivity index (χ3v) is 2.29. The molecule has 0 bridgehead atoms. The number of carbonyl (C=O) groups is 1. The molecule has 1 atom stereocenters. The Bertz CT molecular complexity index is 541. The molecule has 0 aliphatic heterocycles. The molecule has 0 saturated heterocycles. The van der Waals surface area contributed by atoms with Crippen molar-refractivity contribution in [1.29, 1.82) is 0 Å². The molecule has 88 valence electrons. The maximum absolute atomic E-state index is 13.0. The summed E-state index contributed by atoms with van der Waals surface area (Å²) in [6.45, 7) is 1.55. The maximum Gasteiger partial charge on any atom is 0.189 e. The van der Waals surface area contributed by atoms with E-state index < -0.39 is 23.5 Å². The summed E-state index contributed by atoms with van der Waals surface area (Å²) in [5.41, 5.74) is 0.0636. The van der Waals surface area contributed by atoms with Crippen molar-refractivity contribution in [2.75, 3.05) is 0 Å². The summed E-state index contributed by atoms with van der Waals surface area (Å²) in [6.07, 6.45) is 1.19. The second kappa shape index (κ2) is 4.36. The lowest BCUT2D eigenvalue weighted by Crippen LogP contribution is -2.19. The average Bonchev–Trinajstić information content (AvgIpc) is 2.84. The highest BCUT2D eigenvalue weighted by Crippen LogP contribution is 2.14. The van der Waals surface area contributed by atoms with Crippen molar-refractivity contribution < 1.29 is 13.6 Å². The minimum absolute atomic E-state index is 0.0636. The zero-order valence-electron chi connectivity index (χ0n) is 8.84. The smallest absolute Gasteiger partial charge is 0.189 e. The average molecular weight is 238 g/mol. The van der Waals surface area contributed by atoms with Gasteiger partial charge in [-0.25, -0.2) is 8.78 Å². The van der Waals surface area contributed by atoms with Crippen molar-refractivity contribution in [3.05, 3.63) is 41.7 Å². The second-order valence-electron chi connectivity index (χ2n) is 3.43. The number of halogens is 2. The highest BCUT2D eigenvalue weighted by molar-refractivity contribution is 5.98. The first-order valence-electron chi connectivity index (χ1n) is 4.81. The number of hydrogen-bond donors (Lipinski definition) is 0. The predicted molar refractivity (Wildman–Crippen MR) is 53.2 cm³/mol. The monoisotopic (exact) mass is 238 g/mol.